The number of hydrogen-bond acceptors (Lipinski definition) is 4. The van der Waals surface area contributed by atoms with Crippen LogP contribution in [0.2, 0.25) is 0 Å². The molecular formula is C14H15FN4. The Balaban J connectivity index is 2.12. The van der Waals surface area contributed by atoms with Crippen molar-refractivity contribution >= 4 is 17.5 Å². The van der Waals surface area contributed by atoms with Gasteiger partial charge in [0, 0.05) is 12.2 Å². The fraction of sp³-hybridized carbons (Fsp3) is 0.286. The standard InChI is InChI=1S/C14H15FN4/c1-9-6-10-4-2-3-5-12(10)19(8-9)13-11(15)7-17-14(16)18-13/h2-5,7,9H,6,8H2,1H3,(H2,16,17,18). The summed E-state index contributed by atoms with van der Waals surface area (Å²) >= 11 is 0. The number of benzene rings is 1. The second kappa shape index (κ2) is 4.50. The van der Waals surface area contributed by atoms with Crippen LogP contribution in [0.4, 0.5) is 21.8 Å². The predicted molar refractivity (Wildman–Crippen MR) is 72.7 cm³/mol. The summed E-state index contributed by atoms with van der Waals surface area (Å²) in [5.41, 5.74) is 7.78. The lowest BCUT2D eigenvalue weighted by atomic mass is 9.94. The van der Waals surface area contributed by atoms with E-state index in [1.165, 1.54) is 5.56 Å². The Kier molecular flexibility index (Phi) is 2.81. The van der Waals surface area contributed by atoms with Gasteiger partial charge in [0.05, 0.1) is 6.20 Å². The van der Waals surface area contributed by atoms with Crippen LogP contribution in [0.25, 0.3) is 0 Å². The smallest absolute Gasteiger partial charge is 0.222 e. The number of aromatic nitrogens is 2. The van der Waals surface area contributed by atoms with Gasteiger partial charge < -0.3 is 10.6 Å². The van der Waals surface area contributed by atoms with Gasteiger partial charge in [-0.05, 0) is 24.0 Å². The molecule has 0 saturated heterocycles. The second-order valence-corrected chi connectivity index (χ2v) is 4.95. The Morgan fingerprint density at radius 2 is 2.16 bits per heavy atom. The molecule has 2 N–H and O–H groups in total. The highest BCUT2D eigenvalue weighted by Gasteiger charge is 2.25. The van der Waals surface area contributed by atoms with Gasteiger partial charge in [-0.15, -0.1) is 0 Å². The molecule has 1 atom stereocenters. The van der Waals surface area contributed by atoms with E-state index in [1.807, 2.05) is 23.1 Å². The van der Waals surface area contributed by atoms with E-state index in [-0.39, 0.29) is 11.8 Å². The van der Waals surface area contributed by atoms with Crippen LogP contribution < -0.4 is 10.6 Å². The third-order valence-electron chi connectivity index (χ3n) is 3.34. The second-order valence-electron chi connectivity index (χ2n) is 4.95. The van der Waals surface area contributed by atoms with E-state index in [0.717, 1.165) is 24.8 Å². The minimum Gasteiger partial charge on any atom is -0.368 e. The number of hydrogen-bond donors (Lipinski definition) is 1. The summed E-state index contributed by atoms with van der Waals surface area (Å²) in [6.45, 7) is 2.87. The number of nitrogens with two attached hydrogens (primary N) is 1. The van der Waals surface area contributed by atoms with Crippen molar-refractivity contribution < 1.29 is 4.39 Å². The van der Waals surface area contributed by atoms with Crippen LogP contribution in [-0.4, -0.2) is 16.5 Å². The Morgan fingerprint density at radius 1 is 1.37 bits per heavy atom. The molecule has 1 unspecified atom stereocenters. The Morgan fingerprint density at radius 3 is 3.00 bits per heavy atom. The van der Waals surface area contributed by atoms with Crippen molar-refractivity contribution in [1.29, 1.82) is 0 Å². The van der Waals surface area contributed by atoms with Crippen LogP contribution in [0.3, 0.4) is 0 Å². The number of rotatable bonds is 1. The Bertz CT molecular complexity index is 614. The van der Waals surface area contributed by atoms with Crippen LogP contribution in [0, 0.1) is 11.7 Å². The molecule has 0 saturated carbocycles. The maximum Gasteiger partial charge on any atom is 0.222 e. The molecule has 4 nitrogen and oxygen atoms in total. The summed E-state index contributed by atoms with van der Waals surface area (Å²) in [4.78, 5) is 9.61. The summed E-state index contributed by atoms with van der Waals surface area (Å²) in [5.74, 6) is 0.335. The predicted octanol–water partition coefficient (Wildman–Crippen LogP) is 2.53. The maximum absolute atomic E-state index is 14.0. The van der Waals surface area contributed by atoms with Gasteiger partial charge in [0.2, 0.25) is 5.95 Å². The minimum atomic E-state index is -0.446. The zero-order chi connectivity index (χ0) is 13.4. The minimum absolute atomic E-state index is 0.0899. The topological polar surface area (TPSA) is 55.0 Å². The van der Waals surface area contributed by atoms with Crippen molar-refractivity contribution in [2.45, 2.75) is 13.3 Å². The number of anilines is 3. The molecule has 98 valence electrons. The highest BCUT2D eigenvalue weighted by atomic mass is 19.1. The van der Waals surface area contributed by atoms with Gasteiger partial charge in [-0.2, -0.15) is 4.98 Å². The van der Waals surface area contributed by atoms with Gasteiger partial charge in [-0.1, -0.05) is 25.1 Å². The number of nitrogen functional groups attached to an aromatic ring is 1. The molecule has 0 bridgehead atoms. The lowest BCUT2D eigenvalue weighted by Gasteiger charge is -2.34. The first kappa shape index (κ1) is 11.9. The lowest BCUT2D eigenvalue weighted by molar-refractivity contribution is 0.546. The molecule has 1 aliphatic heterocycles. The summed E-state index contributed by atoms with van der Waals surface area (Å²) in [7, 11) is 0. The fourth-order valence-electron chi connectivity index (χ4n) is 2.56. The van der Waals surface area contributed by atoms with Crippen LogP contribution in [-0.2, 0) is 6.42 Å². The average Bonchev–Trinajstić information content (AvgIpc) is 2.40. The third kappa shape index (κ3) is 2.12. The molecule has 1 aromatic heterocycles. The molecule has 0 amide bonds. The summed E-state index contributed by atoms with van der Waals surface area (Å²) < 4.78 is 14.0. The zero-order valence-corrected chi connectivity index (χ0v) is 10.7. The van der Waals surface area contributed by atoms with E-state index < -0.39 is 5.82 Å². The molecule has 1 aliphatic rings. The lowest BCUT2D eigenvalue weighted by Crippen LogP contribution is -2.31. The number of para-hydroxylation sites is 1. The zero-order valence-electron chi connectivity index (χ0n) is 10.7. The van der Waals surface area contributed by atoms with E-state index in [1.54, 1.807) is 0 Å². The highest BCUT2D eigenvalue weighted by molar-refractivity contribution is 5.66. The van der Waals surface area contributed by atoms with Gasteiger partial charge >= 0.3 is 0 Å². The van der Waals surface area contributed by atoms with Gasteiger partial charge in [-0.25, -0.2) is 9.37 Å². The van der Waals surface area contributed by atoms with Crippen molar-refractivity contribution in [3.63, 3.8) is 0 Å². The first-order valence-electron chi connectivity index (χ1n) is 6.28. The van der Waals surface area contributed by atoms with Crippen molar-refractivity contribution in [2.24, 2.45) is 5.92 Å². The highest BCUT2D eigenvalue weighted by Crippen LogP contribution is 2.35. The fourth-order valence-corrected chi connectivity index (χ4v) is 2.56. The van der Waals surface area contributed by atoms with Gasteiger partial charge in [0.25, 0.3) is 0 Å². The summed E-state index contributed by atoms with van der Waals surface area (Å²) in [5, 5.41) is 0. The number of nitrogens with zero attached hydrogens (tertiary/aromatic N) is 3. The van der Waals surface area contributed by atoms with Crippen LogP contribution >= 0.6 is 0 Å². The van der Waals surface area contributed by atoms with Crippen molar-refractivity contribution in [3.05, 3.63) is 41.8 Å². The van der Waals surface area contributed by atoms with Gasteiger partial charge in [0.1, 0.15) is 0 Å². The average molecular weight is 258 g/mol. The van der Waals surface area contributed by atoms with E-state index >= 15 is 0 Å². The number of fused-ring (bicyclic) bond motifs is 1. The molecule has 2 heterocycles. The Hall–Kier alpha value is -2.17. The van der Waals surface area contributed by atoms with E-state index in [2.05, 4.69) is 23.0 Å². The molecule has 0 aliphatic carbocycles. The van der Waals surface area contributed by atoms with Crippen LogP contribution in [0.15, 0.2) is 30.5 Å². The molecule has 19 heavy (non-hydrogen) atoms. The van der Waals surface area contributed by atoms with E-state index in [0.29, 0.717) is 5.92 Å². The first-order valence-corrected chi connectivity index (χ1v) is 6.28. The van der Waals surface area contributed by atoms with E-state index in [9.17, 15) is 4.39 Å². The van der Waals surface area contributed by atoms with Gasteiger partial charge in [-0.3, -0.25) is 0 Å². The molecular weight excluding hydrogens is 243 g/mol. The van der Waals surface area contributed by atoms with Crippen LogP contribution in [0.5, 0.6) is 0 Å². The molecule has 0 spiro atoms. The quantitative estimate of drug-likeness (QED) is 0.854. The third-order valence-corrected chi connectivity index (χ3v) is 3.34. The Labute approximate surface area is 111 Å². The van der Waals surface area contributed by atoms with Gasteiger partial charge in [0.15, 0.2) is 11.6 Å². The summed E-state index contributed by atoms with van der Waals surface area (Å²) in [6, 6.07) is 8.00. The molecule has 5 heteroatoms. The number of halogens is 1. The van der Waals surface area contributed by atoms with Crippen molar-refractivity contribution in [3.8, 4) is 0 Å². The summed E-state index contributed by atoms with van der Waals surface area (Å²) in [6.07, 6.45) is 2.12. The maximum atomic E-state index is 14.0. The van der Waals surface area contributed by atoms with Crippen LogP contribution in [0.1, 0.15) is 12.5 Å². The van der Waals surface area contributed by atoms with E-state index in [4.69, 9.17) is 5.73 Å². The molecule has 3 rings (SSSR count). The molecule has 0 fully saturated rings. The molecule has 1 aromatic carbocycles. The van der Waals surface area contributed by atoms with Crippen molar-refractivity contribution in [2.75, 3.05) is 17.2 Å². The SMILES string of the molecule is CC1Cc2ccccc2N(c2nc(N)ncc2F)C1. The largest absolute Gasteiger partial charge is 0.368 e. The van der Waals surface area contributed by atoms with Crippen molar-refractivity contribution in [1.82, 2.24) is 9.97 Å². The molecule has 0 radical (unpaired) electrons. The normalized spacial score (nSPS) is 18.2. The monoisotopic (exact) mass is 258 g/mol. The first-order chi connectivity index (χ1) is 9.15. The molecule has 2 aromatic rings.